The van der Waals surface area contributed by atoms with E-state index in [-0.39, 0.29) is 0 Å². The Labute approximate surface area is 89.7 Å². The molecule has 0 radical (unpaired) electrons. The molecule has 14 heavy (non-hydrogen) atoms. The van der Waals surface area contributed by atoms with Crippen LogP contribution in [-0.2, 0) is 0 Å². The molecule has 1 aromatic rings. The van der Waals surface area contributed by atoms with Crippen LogP contribution < -0.4 is 10.6 Å². The van der Waals surface area contributed by atoms with Gasteiger partial charge in [0.2, 0.25) is 0 Å². The lowest BCUT2D eigenvalue weighted by molar-refractivity contribution is 0.633. The highest BCUT2D eigenvalue weighted by Gasteiger charge is 2.12. The highest BCUT2D eigenvalue weighted by atomic mass is 35.5. The van der Waals surface area contributed by atoms with Gasteiger partial charge in [0, 0.05) is 23.3 Å². The highest BCUT2D eigenvalue weighted by molar-refractivity contribution is 6.30. The molecular weight excluding hydrogens is 196 g/mol. The largest absolute Gasteiger partial charge is 0.383 e. The Kier molecular flexibility index (Phi) is 3.27. The number of nitrogens with one attached hydrogen (secondary N) is 2. The number of rotatable bonds is 3. The van der Waals surface area contributed by atoms with Crippen molar-refractivity contribution in [3.63, 3.8) is 0 Å². The average molecular weight is 211 g/mol. The van der Waals surface area contributed by atoms with Crippen LogP contribution in [0.3, 0.4) is 0 Å². The van der Waals surface area contributed by atoms with Gasteiger partial charge in [0.1, 0.15) is 0 Å². The third-order valence-corrected chi connectivity index (χ3v) is 2.77. The van der Waals surface area contributed by atoms with Gasteiger partial charge in [-0.3, -0.25) is 0 Å². The van der Waals surface area contributed by atoms with E-state index in [2.05, 4.69) is 10.6 Å². The SMILES string of the molecule is Clc1cccc(NCC2CCCN2)c1. The summed E-state index contributed by atoms with van der Waals surface area (Å²) in [6, 6.07) is 8.47. The zero-order valence-corrected chi connectivity index (χ0v) is 8.85. The van der Waals surface area contributed by atoms with E-state index in [0.717, 1.165) is 23.8 Å². The van der Waals surface area contributed by atoms with Gasteiger partial charge in [-0.1, -0.05) is 17.7 Å². The van der Waals surface area contributed by atoms with Crippen molar-refractivity contribution in [2.45, 2.75) is 18.9 Å². The topological polar surface area (TPSA) is 24.1 Å². The number of benzene rings is 1. The molecule has 1 aliphatic heterocycles. The Morgan fingerprint density at radius 3 is 3.14 bits per heavy atom. The lowest BCUT2D eigenvalue weighted by atomic mass is 10.2. The van der Waals surface area contributed by atoms with Gasteiger partial charge in [0.05, 0.1) is 0 Å². The van der Waals surface area contributed by atoms with Gasteiger partial charge in [-0.25, -0.2) is 0 Å². The Balaban J connectivity index is 1.85. The fourth-order valence-corrected chi connectivity index (χ4v) is 1.96. The predicted molar refractivity (Wildman–Crippen MR) is 61.0 cm³/mol. The molecule has 1 aromatic carbocycles. The van der Waals surface area contributed by atoms with Crippen LogP contribution in [0.15, 0.2) is 24.3 Å². The maximum atomic E-state index is 5.88. The summed E-state index contributed by atoms with van der Waals surface area (Å²) in [7, 11) is 0. The van der Waals surface area contributed by atoms with Gasteiger partial charge in [0.25, 0.3) is 0 Å². The van der Waals surface area contributed by atoms with E-state index in [1.165, 1.54) is 12.8 Å². The summed E-state index contributed by atoms with van der Waals surface area (Å²) >= 11 is 5.88. The molecule has 1 aliphatic rings. The van der Waals surface area contributed by atoms with E-state index in [1.807, 2.05) is 24.3 Å². The average Bonchev–Trinajstić information content (AvgIpc) is 2.67. The van der Waals surface area contributed by atoms with Crippen LogP contribution >= 0.6 is 11.6 Å². The molecule has 0 amide bonds. The normalized spacial score (nSPS) is 21.1. The Hall–Kier alpha value is -0.730. The van der Waals surface area contributed by atoms with Gasteiger partial charge >= 0.3 is 0 Å². The Morgan fingerprint density at radius 1 is 1.50 bits per heavy atom. The molecule has 1 atom stereocenters. The first-order valence-electron chi connectivity index (χ1n) is 5.07. The molecule has 0 aromatic heterocycles. The van der Waals surface area contributed by atoms with Crippen molar-refractivity contribution in [1.29, 1.82) is 0 Å². The summed E-state index contributed by atoms with van der Waals surface area (Å²) in [5, 5.41) is 7.61. The number of hydrogen-bond donors (Lipinski definition) is 2. The fraction of sp³-hybridized carbons (Fsp3) is 0.455. The standard InChI is InChI=1S/C11H15ClN2/c12-9-3-1-4-10(7-9)14-8-11-5-2-6-13-11/h1,3-4,7,11,13-14H,2,5-6,8H2. The van der Waals surface area contributed by atoms with Crippen molar-refractivity contribution in [3.05, 3.63) is 29.3 Å². The zero-order chi connectivity index (χ0) is 9.80. The molecule has 2 nitrogen and oxygen atoms in total. The molecule has 3 heteroatoms. The molecule has 1 unspecified atom stereocenters. The molecule has 1 heterocycles. The summed E-state index contributed by atoms with van der Waals surface area (Å²) in [6.45, 7) is 2.14. The first-order chi connectivity index (χ1) is 6.84. The molecular formula is C11H15ClN2. The van der Waals surface area contributed by atoms with E-state index in [4.69, 9.17) is 11.6 Å². The highest BCUT2D eigenvalue weighted by Crippen LogP contribution is 2.15. The third-order valence-electron chi connectivity index (χ3n) is 2.54. The van der Waals surface area contributed by atoms with Crippen LogP contribution in [0.2, 0.25) is 5.02 Å². The van der Waals surface area contributed by atoms with Crippen LogP contribution in [0.1, 0.15) is 12.8 Å². The number of halogens is 1. The van der Waals surface area contributed by atoms with E-state index < -0.39 is 0 Å². The minimum absolute atomic E-state index is 0.619. The maximum absolute atomic E-state index is 5.88. The second-order valence-corrected chi connectivity index (χ2v) is 4.12. The van der Waals surface area contributed by atoms with Crippen LogP contribution in [0.25, 0.3) is 0 Å². The summed E-state index contributed by atoms with van der Waals surface area (Å²) in [6.07, 6.45) is 2.56. The molecule has 0 saturated carbocycles. The van der Waals surface area contributed by atoms with Gasteiger partial charge in [-0.2, -0.15) is 0 Å². The quantitative estimate of drug-likeness (QED) is 0.801. The van der Waals surface area contributed by atoms with E-state index in [0.29, 0.717) is 6.04 Å². The lowest BCUT2D eigenvalue weighted by Crippen LogP contribution is -2.29. The first-order valence-corrected chi connectivity index (χ1v) is 5.45. The molecule has 0 aliphatic carbocycles. The van der Waals surface area contributed by atoms with E-state index in [1.54, 1.807) is 0 Å². The zero-order valence-electron chi connectivity index (χ0n) is 8.09. The van der Waals surface area contributed by atoms with Gasteiger partial charge in [0.15, 0.2) is 0 Å². The Morgan fingerprint density at radius 2 is 2.43 bits per heavy atom. The molecule has 1 saturated heterocycles. The van der Waals surface area contributed by atoms with Crippen LogP contribution in [0, 0.1) is 0 Å². The molecule has 76 valence electrons. The van der Waals surface area contributed by atoms with Crippen molar-refractivity contribution < 1.29 is 0 Å². The first kappa shape index (κ1) is 9.81. The van der Waals surface area contributed by atoms with Gasteiger partial charge in [-0.15, -0.1) is 0 Å². The minimum atomic E-state index is 0.619. The molecule has 0 bridgehead atoms. The van der Waals surface area contributed by atoms with Gasteiger partial charge < -0.3 is 10.6 Å². The van der Waals surface area contributed by atoms with E-state index in [9.17, 15) is 0 Å². The third kappa shape index (κ3) is 2.63. The molecule has 0 spiro atoms. The summed E-state index contributed by atoms with van der Waals surface area (Å²) < 4.78 is 0. The Bertz CT molecular complexity index is 295. The van der Waals surface area contributed by atoms with Crippen LogP contribution in [0.5, 0.6) is 0 Å². The molecule has 2 rings (SSSR count). The number of anilines is 1. The van der Waals surface area contributed by atoms with Crippen molar-refractivity contribution in [2.24, 2.45) is 0 Å². The van der Waals surface area contributed by atoms with Crippen molar-refractivity contribution in [3.8, 4) is 0 Å². The minimum Gasteiger partial charge on any atom is -0.383 e. The second kappa shape index (κ2) is 4.67. The summed E-state index contributed by atoms with van der Waals surface area (Å²) in [5.74, 6) is 0. The summed E-state index contributed by atoms with van der Waals surface area (Å²) in [4.78, 5) is 0. The van der Waals surface area contributed by atoms with Crippen molar-refractivity contribution >= 4 is 17.3 Å². The number of hydrogen-bond acceptors (Lipinski definition) is 2. The van der Waals surface area contributed by atoms with E-state index >= 15 is 0 Å². The second-order valence-electron chi connectivity index (χ2n) is 3.68. The molecule has 1 fully saturated rings. The maximum Gasteiger partial charge on any atom is 0.0426 e. The lowest BCUT2D eigenvalue weighted by Gasteiger charge is -2.12. The monoisotopic (exact) mass is 210 g/mol. The smallest absolute Gasteiger partial charge is 0.0426 e. The van der Waals surface area contributed by atoms with Crippen LogP contribution in [0.4, 0.5) is 5.69 Å². The molecule has 2 N–H and O–H groups in total. The van der Waals surface area contributed by atoms with Crippen molar-refractivity contribution in [2.75, 3.05) is 18.4 Å². The summed E-state index contributed by atoms with van der Waals surface area (Å²) in [5.41, 5.74) is 1.10. The van der Waals surface area contributed by atoms with Gasteiger partial charge in [-0.05, 0) is 37.6 Å². The van der Waals surface area contributed by atoms with Crippen molar-refractivity contribution in [1.82, 2.24) is 5.32 Å². The van der Waals surface area contributed by atoms with Crippen LogP contribution in [-0.4, -0.2) is 19.1 Å². The fourth-order valence-electron chi connectivity index (χ4n) is 1.77. The predicted octanol–water partition coefficient (Wildman–Crippen LogP) is 2.50.